The molecule has 2 N–H and O–H groups in total. The first kappa shape index (κ1) is 9.49. The zero-order valence-corrected chi connectivity index (χ0v) is 6.87. The van der Waals surface area contributed by atoms with Crippen LogP contribution in [0.15, 0.2) is 24.3 Å². The van der Waals surface area contributed by atoms with Gasteiger partial charge in [-0.1, -0.05) is 0 Å². The quantitative estimate of drug-likeness (QED) is 0.732. The number of nitrogens with one attached hydrogen (secondary N) is 1. The maximum Gasteiger partial charge on any atom is 0.137 e. The number of halogens is 1. The molecule has 4 heteroatoms. The minimum atomic E-state index is -0.648. The van der Waals surface area contributed by atoms with Crippen molar-refractivity contribution in [2.24, 2.45) is 0 Å². The van der Waals surface area contributed by atoms with Gasteiger partial charge in [-0.25, -0.2) is 4.39 Å². The Labute approximate surface area is 75.4 Å². The van der Waals surface area contributed by atoms with Crippen LogP contribution in [-0.4, -0.2) is 17.8 Å². The van der Waals surface area contributed by atoms with E-state index in [-0.39, 0.29) is 12.4 Å². The van der Waals surface area contributed by atoms with E-state index in [1.165, 1.54) is 24.3 Å². The van der Waals surface area contributed by atoms with Crippen LogP contribution in [0.4, 0.5) is 10.1 Å². The van der Waals surface area contributed by atoms with Gasteiger partial charge in [0, 0.05) is 5.69 Å². The van der Waals surface area contributed by atoms with Gasteiger partial charge in [0.15, 0.2) is 0 Å². The fourth-order valence-electron chi connectivity index (χ4n) is 0.866. The molecule has 0 aliphatic rings. The number of hydrogen-bond acceptors (Lipinski definition) is 3. The number of rotatable bonds is 3. The van der Waals surface area contributed by atoms with E-state index in [1.54, 1.807) is 0 Å². The maximum atomic E-state index is 12.4. The molecule has 0 fully saturated rings. The minimum absolute atomic E-state index is 0.270. The molecule has 1 aromatic carbocycles. The zero-order chi connectivity index (χ0) is 9.68. The van der Waals surface area contributed by atoms with Gasteiger partial charge >= 0.3 is 0 Å². The molecule has 1 rings (SSSR count). The van der Waals surface area contributed by atoms with Gasteiger partial charge < -0.3 is 10.4 Å². The van der Waals surface area contributed by atoms with Crippen LogP contribution in [0.5, 0.6) is 0 Å². The van der Waals surface area contributed by atoms with Gasteiger partial charge in [0.05, 0.1) is 12.7 Å². The lowest BCUT2D eigenvalue weighted by Crippen LogP contribution is -2.21. The molecular weight excluding hydrogens is 171 g/mol. The third-order valence-corrected chi connectivity index (χ3v) is 1.52. The predicted octanol–water partition coefficient (Wildman–Crippen LogP) is 1.12. The number of hydrogen-bond donors (Lipinski definition) is 2. The van der Waals surface area contributed by atoms with Crippen molar-refractivity contribution in [3.8, 4) is 6.07 Å². The van der Waals surface area contributed by atoms with Crippen LogP contribution in [0.3, 0.4) is 0 Å². The Kier molecular flexibility index (Phi) is 3.23. The zero-order valence-electron chi connectivity index (χ0n) is 6.87. The van der Waals surface area contributed by atoms with E-state index in [0.29, 0.717) is 5.69 Å². The molecule has 0 spiro atoms. The summed E-state index contributed by atoms with van der Waals surface area (Å²) >= 11 is 0. The van der Waals surface area contributed by atoms with Crippen LogP contribution >= 0.6 is 0 Å². The standard InChI is InChI=1S/C9H9FN2O/c10-7-1-3-8(4-2-7)12-9(5-11)6-13/h1-4,9,12-13H,6H2. The summed E-state index contributed by atoms with van der Waals surface area (Å²) in [5, 5.41) is 19.9. The predicted molar refractivity (Wildman–Crippen MR) is 46.5 cm³/mol. The Morgan fingerprint density at radius 1 is 1.46 bits per heavy atom. The number of aliphatic hydroxyl groups is 1. The van der Waals surface area contributed by atoms with Crippen LogP contribution in [0.25, 0.3) is 0 Å². The van der Waals surface area contributed by atoms with Gasteiger partial charge in [0.2, 0.25) is 0 Å². The highest BCUT2D eigenvalue weighted by molar-refractivity contribution is 5.45. The van der Waals surface area contributed by atoms with Gasteiger partial charge in [-0.2, -0.15) is 5.26 Å². The first-order valence-electron chi connectivity index (χ1n) is 3.79. The molecule has 1 aromatic rings. The average molecular weight is 180 g/mol. The molecule has 0 aliphatic heterocycles. The summed E-state index contributed by atoms with van der Waals surface area (Å²) < 4.78 is 12.4. The van der Waals surface area contributed by atoms with Crippen LogP contribution in [-0.2, 0) is 0 Å². The number of aliphatic hydroxyl groups excluding tert-OH is 1. The normalized spacial score (nSPS) is 11.8. The average Bonchev–Trinajstić information content (AvgIpc) is 2.17. The van der Waals surface area contributed by atoms with Gasteiger partial charge in [-0.15, -0.1) is 0 Å². The highest BCUT2D eigenvalue weighted by Gasteiger charge is 2.03. The summed E-state index contributed by atoms with van der Waals surface area (Å²) in [6, 6.07) is 6.80. The Balaban J connectivity index is 2.64. The molecule has 13 heavy (non-hydrogen) atoms. The van der Waals surface area contributed by atoms with E-state index in [4.69, 9.17) is 10.4 Å². The molecule has 68 valence electrons. The second-order valence-electron chi connectivity index (χ2n) is 2.52. The van der Waals surface area contributed by atoms with E-state index in [0.717, 1.165) is 0 Å². The molecule has 0 aromatic heterocycles. The fourth-order valence-corrected chi connectivity index (χ4v) is 0.866. The molecule has 1 atom stereocenters. The van der Waals surface area contributed by atoms with Crippen molar-refractivity contribution < 1.29 is 9.50 Å². The van der Waals surface area contributed by atoms with Crippen LogP contribution in [0, 0.1) is 17.1 Å². The van der Waals surface area contributed by atoms with Crippen molar-refractivity contribution in [1.29, 1.82) is 5.26 Å². The molecule has 0 heterocycles. The van der Waals surface area contributed by atoms with E-state index in [2.05, 4.69) is 5.32 Å². The topological polar surface area (TPSA) is 56.0 Å². The highest BCUT2D eigenvalue weighted by atomic mass is 19.1. The lowest BCUT2D eigenvalue weighted by molar-refractivity contribution is 0.293. The van der Waals surface area contributed by atoms with Gasteiger partial charge in [0.25, 0.3) is 0 Å². The lowest BCUT2D eigenvalue weighted by atomic mass is 10.2. The Morgan fingerprint density at radius 2 is 2.08 bits per heavy atom. The Hall–Kier alpha value is -1.60. The van der Waals surface area contributed by atoms with Crippen molar-refractivity contribution >= 4 is 5.69 Å². The summed E-state index contributed by atoms with van der Waals surface area (Å²) in [7, 11) is 0. The van der Waals surface area contributed by atoms with E-state index < -0.39 is 6.04 Å². The summed E-state index contributed by atoms with van der Waals surface area (Å²) in [6.45, 7) is -0.270. The lowest BCUT2D eigenvalue weighted by Gasteiger charge is -2.09. The smallest absolute Gasteiger partial charge is 0.137 e. The Morgan fingerprint density at radius 3 is 2.54 bits per heavy atom. The monoisotopic (exact) mass is 180 g/mol. The highest BCUT2D eigenvalue weighted by Crippen LogP contribution is 2.09. The third kappa shape index (κ3) is 2.73. The van der Waals surface area contributed by atoms with E-state index >= 15 is 0 Å². The first-order chi connectivity index (χ1) is 6.26. The van der Waals surface area contributed by atoms with E-state index in [1.807, 2.05) is 6.07 Å². The second-order valence-corrected chi connectivity index (χ2v) is 2.52. The van der Waals surface area contributed by atoms with Crippen molar-refractivity contribution in [2.45, 2.75) is 6.04 Å². The fraction of sp³-hybridized carbons (Fsp3) is 0.222. The van der Waals surface area contributed by atoms with Crippen LogP contribution in [0.2, 0.25) is 0 Å². The Bertz CT molecular complexity index is 304. The molecule has 3 nitrogen and oxygen atoms in total. The van der Waals surface area contributed by atoms with Crippen molar-refractivity contribution in [1.82, 2.24) is 0 Å². The second kappa shape index (κ2) is 4.43. The van der Waals surface area contributed by atoms with Gasteiger partial charge in [-0.05, 0) is 24.3 Å². The molecule has 0 radical (unpaired) electrons. The van der Waals surface area contributed by atoms with Crippen LogP contribution < -0.4 is 5.32 Å². The molecule has 0 saturated heterocycles. The van der Waals surface area contributed by atoms with Crippen molar-refractivity contribution in [3.05, 3.63) is 30.1 Å². The summed E-state index contributed by atoms with van der Waals surface area (Å²) in [6.07, 6.45) is 0. The summed E-state index contributed by atoms with van der Waals surface area (Å²) in [5.74, 6) is -0.331. The molecule has 1 unspecified atom stereocenters. The van der Waals surface area contributed by atoms with Crippen molar-refractivity contribution in [2.75, 3.05) is 11.9 Å². The minimum Gasteiger partial charge on any atom is -0.393 e. The van der Waals surface area contributed by atoms with Gasteiger partial charge in [0.1, 0.15) is 11.9 Å². The molecular formula is C9H9FN2O. The summed E-state index contributed by atoms with van der Waals surface area (Å²) in [5.41, 5.74) is 0.613. The molecule has 0 amide bonds. The third-order valence-electron chi connectivity index (χ3n) is 1.52. The molecule has 0 aliphatic carbocycles. The SMILES string of the molecule is N#CC(CO)Nc1ccc(F)cc1. The van der Waals surface area contributed by atoms with Crippen LogP contribution in [0.1, 0.15) is 0 Å². The first-order valence-corrected chi connectivity index (χ1v) is 3.79. The number of nitriles is 1. The van der Waals surface area contributed by atoms with E-state index in [9.17, 15) is 4.39 Å². The largest absolute Gasteiger partial charge is 0.393 e. The maximum absolute atomic E-state index is 12.4. The number of nitrogens with zero attached hydrogens (tertiary/aromatic N) is 1. The summed E-state index contributed by atoms with van der Waals surface area (Å²) in [4.78, 5) is 0. The van der Waals surface area contributed by atoms with Gasteiger partial charge in [-0.3, -0.25) is 0 Å². The number of benzene rings is 1. The number of anilines is 1. The molecule has 0 saturated carbocycles. The van der Waals surface area contributed by atoms with Crippen molar-refractivity contribution in [3.63, 3.8) is 0 Å². The molecule has 0 bridgehead atoms.